The maximum Gasteiger partial charge on any atom is 0.251 e. The Balaban J connectivity index is 1.46. The third kappa shape index (κ3) is 6.28. The van der Waals surface area contributed by atoms with Crippen molar-refractivity contribution in [3.8, 4) is 5.75 Å². The number of sulfonamides is 1. The minimum atomic E-state index is -3.77. The second-order valence-corrected chi connectivity index (χ2v) is 10.3. The Morgan fingerprint density at radius 1 is 0.971 bits per heavy atom. The number of ether oxygens (including phenoxy) is 1. The highest BCUT2D eigenvalue weighted by Crippen LogP contribution is 2.31. The van der Waals surface area contributed by atoms with E-state index in [1.165, 1.54) is 12.1 Å². The lowest BCUT2D eigenvalue weighted by Gasteiger charge is -2.29. The summed E-state index contributed by atoms with van der Waals surface area (Å²) < 4.78 is 33.8. The van der Waals surface area contributed by atoms with Gasteiger partial charge in [0.2, 0.25) is 10.0 Å². The molecule has 184 valence electrons. The van der Waals surface area contributed by atoms with Gasteiger partial charge >= 0.3 is 0 Å². The first kappa shape index (κ1) is 24.9. The highest BCUT2D eigenvalue weighted by Gasteiger charge is 2.26. The van der Waals surface area contributed by atoms with Crippen molar-refractivity contribution in [3.63, 3.8) is 0 Å². The Morgan fingerprint density at radius 3 is 2.43 bits per heavy atom. The van der Waals surface area contributed by atoms with E-state index in [0.29, 0.717) is 12.1 Å². The topological polar surface area (TPSA) is 87.7 Å². The third-order valence-electron chi connectivity index (χ3n) is 6.25. The molecule has 0 aliphatic carbocycles. The normalized spacial score (nSPS) is 15.0. The molecule has 1 unspecified atom stereocenters. The highest BCUT2D eigenvalue weighted by atomic mass is 32.2. The first-order chi connectivity index (χ1) is 17.0. The molecule has 7 nitrogen and oxygen atoms in total. The fourth-order valence-electron chi connectivity index (χ4n) is 4.38. The number of carbonyl (C=O) groups excluding carboxylic acids is 1. The number of hydrogen-bond acceptors (Lipinski definition) is 5. The zero-order chi connectivity index (χ0) is 24.7. The van der Waals surface area contributed by atoms with Gasteiger partial charge in [-0.25, -0.2) is 13.1 Å². The second-order valence-electron chi connectivity index (χ2n) is 8.55. The van der Waals surface area contributed by atoms with Gasteiger partial charge in [0, 0.05) is 24.2 Å². The summed E-state index contributed by atoms with van der Waals surface area (Å²) in [5.74, 6) is 0.473. The predicted molar refractivity (Wildman–Crippen MR) is 136 cm³/mol. The van der Waals surface area contributed by atoms with Crippen LogP contribution >= 0.6 is 0 Å². The molecule has 0 saturated carbocycles. The van der Waals surface area contributed by atoms with Crippen molar-refractivity contribution in [1.82, 2.24) is 14.9 Å². The van der Waals surface area contributed by atoms with Crippen molar-refractivity contribution in [1.29, 1.82) is 0 Å². The Morgan fingerprint density at radius 2 is 1.69 bits per heavy atom. The maximum atomic E-state index is 13.0. The van der Waals surface area contributed by atoms with Gasteiger partial charge in [-0.1, -0.05) is 54.6 Å². The summed E-state index contributed by atoms with van der Waals surface area (Å²) in [5, 5.41) is 3.01. The van der Waals surface area contributed by atoms with E-state index in [-0.39, 0.29) is 23.4 Å². The summed E-state index contributed by atoms with van der Waals surface area (Å²) in [4.78, 5) is 15.4. The minimum absolute atomic E-state index is 0.0305. The molecule has 2 N–H and O–H groups in total. The van der Waals surface area contributed by atoms with E-state index in [2.05, 4.69) is 14.9 Å². The van der Waals surface area contributed by atoms with E-state index in [9.17, 15) is 13.2 Å². The molecule has 35 heavy (non-hydrogen) atoms. The largest absolute Gasteiger partial charge is 0.496 e. The van der Waals surface area contributed by atoms with Gasteiger partial charge in [0.25, 0.3) is 5.91 Å². The van der Waals surface area contributed by atoms with Crippen molar-refractivity contribution >= 4 is 15.9 Å². The Bertz CT molecular complexity index is 1240. The number of carbonyl (C=O) groups is 1. The molecule has 1 atom stereocenters. The molecular formula is C27H31N3O4S. The van der Waals surface area contributed by atoms with E-state index in [1.807, 2.05) is 54.6 Å². The molecule has 1 amide bonds. The van der Waals surface area contributed by atoms with E-state index < -0.39 is 10.0 Å². The smallest absolute Gasteiger partial charge is 0.251 e. The van der Waals surface area contributed by atoms with Crippen molar-refractivity contribution in [2.75, 3.05) is 26.7 Å². The van der Waals surface area contributed by atoms with Crippen molar-refractivity contribution < 1.29 is 17.9 Å². The number of hydrogen-bond donors (Lipinski definition) is 2. The van der Waals surface area contributed by atoms with Crippen LogP contribution in [0.25, 0.3) is 0 Å². The molecule has 8 heteroatoms. The summed E-state index contributed by atoms with van der Waals surface area (Å²) in [7, 11) is -2.12. The third-order valence-corrected chi connectivity index (χ3v) is 7.65. The quantitative estimate of drug-likeness (QED) is 0.449. The molecule has 1 aliphatic rings. The lowest BCUT2D eigenvalue weighted by atomic mass is 10.0. The Labute approximate surface area is 207 Å². The average molecular weight is 494 g/mol. The van der Waals surface area contributed by atoms with Gasteiger partial charge < -0.3 is 10.1 Å². The van der Waals surface area contributed by atoms with E-state index in [4.69, 9.17) is 4.74 Å². The fraction of sp³-hybridized carbons (Fsp3) is 0.296. The molecule has 4 rings (SSSR count). The standard InChI is InChI=1S/C27H31N3O4S/c1-34-26-15-6-5-14-24(26)25(30-16-7-8-17-30)20-28-27(31)22-12-9-13-23(18-22)35(32,33)29-19-21-10-3-2-4-11-21/h2-6,9-15,18,25,29H,7-8,16-17,19-20H2,1H3,(H,28,31). The first-order valence-electron chi connectivity index (χ1n) is 11.8. The maximum absolute atomic E-state index is 13.0. The molecular weight excluding hydrogens is 462 g/mol. The Kier molecular flexibility index (Phi) is 8.17. The van der Waals surface area contributed by atoms with E-state index in [0.717, 1.165) is 42.8 Å². The number of amides is 1. The second kappa shape index (κ2) is 11.5. The zero-order valence-electron chi connectivity index (χ0n) is 19.8. The molecule has 3 aromatic rings. The molecule has 1 heterocycles. The van der Waals surface area contributed by atoms with E-state index >= 15 is 0 Å². The van der Waals surface area contributed by atoms with Gasteiger partial charge in [0.1, 0.15) is 5.75 Å². The van der Waals surface area contributed by atoms with Crippen LogP contribution < -0.4 is 14.8 Å². The molecule has 0 aromatic heterocycles. The Hall–Kier alpha value is -3.20. The number of nitrogens with one attached hydrogen (secondary N) is 2. The van der Waals surface area contributed by atoms with Crippen molar-refractivity contribution in [2.45, 2.75) is 30.3 Å². The minimum Gasteiger partial charge on any atom is -0.496 e. The summed E-state index contributed by atoms with van der Waals surface area (Å²) in [6, 6.07) is 23.2. The van der Waals surface area contributed by atoms with Gasteiger partial charge in [-0.05, 0) is 55.8 Å². The summed E-state index contributed by atoms with van der Waals surface area (Å²) in [6.45, 7) is 2.48. The van der Waals surface area contributed by atoms with Crippen LogP contribution in [0.15, 0.2) is 83.8 Å². The lowest BCUT2D eigenvalue weighted by molar-refractivity contribution is 0.0937. The monoisotopic (exact) mass is 493 g/mol. The number of benzene rings is 3. The molecule has 0 radical (unpaired) electrons. The molecule has 0 bridgehead atoms. The zero-order valence-corrected chi connectivity index (χ0v) is 20.6. The lowest BCUT2D eigenvalue weighted by Crippen LogP contribution is -2.37. The van der Waals surface area contributed by atoms with Crippen LogP contribution in [-0.4, -0.2) is 46.0 Å². The summed E-state index contributed by atoms with van der Waals surface area (Å²) >= 11 is 0. The molecule has 3 aromatic carbocycles. The molecule has 1 saturated heterocycles. The predicted octanol–water partition coefficient (Wildman–Crippen LogP) is 3.74. The summed E-state index contributed by atoms with van der Waals surface area (Å²) in [5.41, 5.74) is 2.18. The number of methoxy groups -OCH3 is 1. The molecule has 0 spiro atoms. The van der Waals surface area contributed by atoms with E-state index in [1.54, 1.807) is 19.2 Å². The summed E-state index contributed by atoms with van der Waals surface area (Å²) in [6.07, 6.45) is 2.24. The van der Waals surface area contributed by atoms with Gasteiger partial charge in [0.15, 0.2) is 0 Å². The van der Waals surface area contributed by atoms with Gasteiger partial charge in [-0.2, -0.15) is 0 Å². The van der Waals surface area contributed by atoms with Crippen LogP contribution in [0.1, 0.15) is 40.4 Å². The molecule has 1 aliphatic heterocycles. The van der Waals surface area contributed by atoms with Gasteiger partial charge in [-0.3, -0.25) is 9.69 Å². The molecule has 1 fully saturated rings. The number of nitrogens with zero attached hydrogens (tertiary/aromatic N) is 1. The van der Waals surface area contributed by atoms with Crippen molar-refractivity contribution in [3.05, 3.63) is 95.6 Å². The average Bonchev–Trinajstić information content (AvgIpc) is 3.43. The van der Waals surface area contributed by atoms with Crippen LogP contribution in [0, 0.1) is 0 Å². The number of para-hydroxylation sites is 1. The van der Waals surface area contributed by atoms with Crippen LogP contribution in [0.5, 0.6) is 5.75 Å². The van der Waals surface area contributed by atoms with Gasteiger partial charge in [0.05, 0.1) is 18.0 Å². The fourth-order valence-corrected chi connectivity index (χ4v) is 5.45. The van der Waals surface area contributed by atoms with Crippen LogP contribution in [0.3, 0.4) is 0 Å². The van der Waals surface area contributed by atoms with Crippen LogP contribution in [-0.2, 0) is 16.6 Å². The van der Waals surface area contributed by atoms with Crippen LogP contribution in [0.4, 0.5) is 0 Å². The highest BCUT2D eigenvalue weighted by molar-refractivity contribution is 7.89. The van der Waals surface area contributed by atoms with Crippen LogP contribution in [0.2, 0.25) is 0 Å². The van der Waals surface area contributed by atoms with Gasteiger partial charge in [-0.15, -0.1) is 0 Å². The SMILES string of the molecule is COc1ccccc1C(CNC(=O)c1cccc(S(=O)(=O)NCc2ccccc2)c1)N1CCCC1. The number of rotatable bonds is 10. The number of likely N-dealkylation sites (tertiary alicyclic amines) is 1. The first-order valence-corrected chi connectivity index (χ1v) is 13.2. The van der Waals surface area contributed by atoms with Crippen molar-refractivity contribution in [2.24, 2.45) is 0 Å².